The second-order valence-electron chi connectivity index (χ2n) is 4.03. The van der Waals surface area contributed by atoms with Gasteiger partial charge in [0.25, 0.3) is 0 Å². The van der Waals surface area contributed by atoms with Gasteiger partial charge in [-0.2, -0.15) is 0 Å². The molecule has 0 saturated carbocycles. The van der Waals surface area contributed by atoms with Gasteiger partial charge in [-0.3, -0.25) is 0 Å². The molecule has 3 heteroatoms. The Labute approximate surface area is 96.8 Å². The van der Waals surface area contributed by atoms with E-state index in [0.717, 1.165) is 44.9 Å². The molecule has 1 heterocycles. The van der Waals surface area contributed by atoms with Gasteiger partial charge in [0.2, 0.25) is 0 Å². The van der Waals surface area contributed by atoms with Crippen LogP contribution in [0.25, 0.3) is 0 Å². The molecule has 0 amide bonds. The molecular weight excluding hydrogens is 202 g/mol. The molecule has 1 aliphatic heterocycles. The summed E-state index contributed by atoms with van der Waals surface area (Å²) in [5.74, 6) is 1.07. The van der Waals surface area contributed by atoms with Crippen molar-refractivity contribution in [2.45, 2.75) is 12.8 Å². The van der Waals surface area contributed by atoms with Gasteiger partial charge in [0, 0.05) is 20.1 Å². The molecule has 1 N–H and O–H groups in total. The molecule has 16 heavy (non-hydrogen) atoms. The van der Waals surface area contributed by atoms with Crippen molar-refractivity contribution in [2.24, 2.45) is 0 Å². The summed E-state index contributed by atoms with van der Waals surface area (Å²) in [5.41, 5.74) is 2.74. The van der Waals surface area contributed by atoms with Gasteiger partial charge < -0.3 is 14.8 Å². The van der Waals surface area contributed by atoms with E-state index in [9.17, 15) is 0 Å². The zero-order valence-electron chi connectivity index (χ0n) is 9.79. The summed E-state index contributed by atoms with van der Waals surface area (Å²) >= 11 is 0. The van der Waals surface area contributed by atoms with Crippen molar-refractivity contribution in [3.05, 3.63) is 29.3 Å². The second-order valence-corrected chi connectivity index (χ2v) is 4.03. The highest BCUT2D eigenvalue weighted by atomic mass is 16.5. The number of benzene rings is 1. The fourth-order valence-corrected chi connectivity index (χ4v) is 1.93. The predicted octanol–water partition coefficient (Wildman–Crippen LogP) is 1.40. The molecule has 0 aromatic heterocycles. The Morgan fingerprint density at radius 2 is 2.31 bits per heavy atom. The minimum Gasteiger partial charge on any atom is -0.493 e. The van der Waals surface area contributed by atoms with Gasteiger partial charge >= 0.3 is 0 Å². The average molecular weight is 221 g/mol. The van der Waals surface area contributed by atoms with E-state index < -0.39 is 0 Å². The van der Waals surface area contributed by atoms with Gasteiger partial charge in [-0.1, -0.05) is 12.1 Å². The zero-order valence-corrected chi connectivity index (χ0v) is 9.79. The molecular formula is C13H19NO2. The van der Waals surface area contributed by atoms with Gasteiger partial charge in [-0.25, -0.2) is 0 Å². The minimum absolute atomic E-state index is 0.776. The van der Waals surface area contributed by atoms with Crippen molar-refractivity contribution < 1.29 is 9.47 Å². The Bertz CT molecular complexity index is 339. The van der Waals surface area contributed by atoms with E-state index in [2.05, 4.69) is 23.5 Å². The lowest BCUT2D eigenvalue weighted by atomic mass is 10.1. The maximum atomic E-state index is 5.48. The first kappa shape index (κ1) is 11.4. The first-order valence-corrected chi connectivity index (χ1v) is 5.84. The first-order chi connectivity index (χ1) is 7.90. The fourth-order valence-electron chi connectivity index (χ4n) is 1.93. The van der Waals surface area contributed by atoms with E-state index in [-0.39, 0.29) is 0 Å². The van der Waals surface area contributed by atoms with Crippen LogP contribution >= 0.6 is 0 Å². The third kappa shape index (κ3) is 2.97. The Morgan fingerprint density at radius 3 is 3.19 bits per heavy atom. The molecule has 1 aromatic rings. The van der Waals surface area contributed by atoms with Crippen LogP contribution in [-0.4, -0.2) is 33.4 Å². The molecule has 0 fully saturated rings. The van der Waals surface area contributed by atoms with Crippen LogP contribution in [0.2, 0.25) is 0 Å². The van der Waals surface area contributed by atoms with Gasteiger partial charge in [-0.05, 0) is 30.2 Å². The van der Waals surface area contributed by atoms with Crippen LogP contribution < -0.4 is 10.1 Å². The lowest BCUT2D eigenvalue weighted by Crippen LogP contribution is -2.21. The van der Waals surface area contributed by atoms with E-state index in [4.69, 9.17) is 9.47 Å². The number of fused-ring (bicyclic) bond motifs is 1. The van der Waals surface area contributed by atoms with Crippen LogP contribution in [-0.2, 0) is 17.6 Å². The average Bonchev–Trinajstić information content (AvgIpc) is 2.76. The van der Waals surface area contributed by atoms with E-state index in [1.807, 2.05) is 0 Å². The second kappa shape index (κ2) is 5.87. The highest BCUT2D eigenvalue weighted by Gasteiger charge is 2.11. The largest absolute Gasteiger partial charge is 0.493 e. The summed E-state index contributed by atoms with van der Waals surface area (Å²) in [7, 11) is 1.72. The van der Waals surface area contributed by atoms with E-state index in [0.29, 0.717) is 0 Å². The fraction of sp³-hybridized carbons (Fsp3) is 0.538. The standard InChI is InChI=1S/C13H19NO2/c1-15-9-7-14-6-4-11-2-3-13-12(10-11)5-8-16-13/h2-3,10,14H,4-9H2,1H3. The molecule has 1 aromatic carbocycles. The van der Waals surface area contributed by atoms with Crippen LogP contribution in [0.1, 0.15) is 11.1 Å². The molecule has 0 aliphatic carbocycles. The van der Waals surface area contributed by atoms with Gasteiger partial charge in [0.1, 0.15) is 5.75 Å². The van der Waals surface area contributed by atoms with Crippen molar-refractivity contribution >= 4 is 0 Å². The summed E-state index contributed by atoms with van der Waals surface area (Å²) in [5, 5.41) is 3.35. The van der Waals surface area contributed by atoms with Crippen LogP contribution in [0, 0.1) is 0 Å². The Balaban J connectivity index is 1.77. The van der Waals surface area contributed by atoms with Crippen LogP contribution in [0.5, 0.6) is 5.75 Å². The smallest absolute Gasteiger partial charge is 0.122 e. The van der Waals surface area contributed by atoms with Crippen molar-refractivity contribution in [1.82, 2.24) is 5.32 Å². The highest BCUT2D eigenvalue weighted by molar-refractivity contribution is 5.39. The zero-order chi connectivity index (χ0) is 11.2. The highest BCUT2D eigenvalue weighted by Crippen LogP contribution is 2.25. The molecule has 0 bridgehead atoms. The van der Waals surface area contributed by atoms with Crippen LogP contribution in [0.15, 0.2) is 18.2 Å². The van der Waals surface area contributed by atoms with Crippen molar-refractivity contribution in [1.29, 1.82) is 0 Å². The number of nitrogens with one attached hydrogen (secondary N) is 1. The van der Waals surface area contributed by atoms with Crippen molar-refractivity contribution in [2.75, 3.05) is 33.4 Å². The lowest BCUT2D eigenvalue weighted by Gasteiger charge is -2.05. The normalized spacial score (nSPS) is 13.6. The molecule has 3 nitrogen and oxygen atoms in total. The topological polar surface area (TPSA) is 30.5 Å². The maximum Gasteiger partial charge on any atom is 0.122 e. The van der Waals surface area contributed by atoms with E-state index in [1.54, 1.807) is 7.11 Å². The van der Waals surface area contributed by atoms with Gasteiger partial charge in [0.05, 0.1) is 13.2 Å². The third-order valence-electron chi connectivity index (χ3n) is 2.83. The molecule has 0 atom stereocenters. The number of rotatable bonds is 6. The number of hydrogen-bond donors (Lipinski definition) is 1. The molecule has 0 saturated heterocycles. The van der Waals surface area contributed by atoms with Crippen LogP contribution in [0.4, 0.5) is 0 Å². The quantitative estimate of drug-likeness (QED) is 0.737. The van der Waals surface area contributed by atoms with Gasteiger partial charge in [0.15, 0.2) is 0 Å². The maximum absolute atomic E-state index is 5.48. The summed E-state index contributed by atoms with van der Waals surface area (Å²) in [6.45, 7) is 3.54. The van der Waals surface area contributed by atoms with Crippen LogP contribution in [0.3, 0.4) is 0 Å². The summed E-state index contributed by atoms with van der Waals surface area (Å²) in [6.07, 6.45) is 2.12. The molecule has 0 spiro atoms. The third-order valence-corrected chi connectivity index (χ3v) is 2.83. The molecule has 1 aliphatic rings. The molecule has 88 valence electrons. The SMILES string of the molecule is COCCNCCc1ccc2c(c1)CCO2. The summed E-state index contributed by atoms with van der Waals surface area (Å²) in [4.78, 5) is 0. The van der Waals surface area contributed by atoms with E-state index >= 15 is 0 Å². The number of hydrogen-bond acceptors (Lipinski definition) is 3. The molecule has 2 rings (SSSR count). The van der Waals surface area contributed by atoms with Crippen molar-refractivity contribution in [3.63, 3.8) is 0 Å². The minimum atomic E-state index is 0.776. The number of methoxy groups -OCH3 is 1. The Kier molecular flexibility index (Phi) is 4.19. The Hall–Kier alpha value is -1.06. The lowest BCUT2D eigenvalue weighted by molar-refractivity contribution is 0.199. The molecule has 0 unspecified atom stereocenters. The van der Waals surface area contributed by atoms with E-state index in [1.165, 1.54) is 11.1 Å². The Morgan fingerprint density at radius 1 is 1.38 bits per heavy atom. The predicted molar refractivity (Wildman–Crippen MR) is 64.1 cm³/mol. The monoisotopic (exact) mass is 221 g/mol. The summed E-state index contributed by atoms with van der Waals surface area (Å²) < 4.78 is 10.5. The van der Waals surface area contributed by atoms with Gasteiger partial charge in [-0.15, -0.1) is 0 Å². The number of ether oxygens (including phenoxy) is 2. The first-order valence-electron chi connectivity index (χ1n) is 5.84. The van der Waals surface area contributed by atoms with Crippen molar-refractivity contribution in [3.8, 4) is 5.75 Å². The molecule has 0 radical (unpaired) electrons. The summed E-state index contributed by atoms with van der Waals surface area (Å²) in [6, 6.07) is 6.51.